The first-order chi connectivity index (χ1) is 27.9. The molecule has 3 heterocycles. The van der Waals surface area contributed by atoms with Gasteiger partial charge in [0.05, 0.1) is 75.2 Å². The van der Waals surface area contributed by atoms with Gasteiger partial charge >= 0.3 is 5.97 Å². The van der Waals surface area contributed by atoms with Gasteiger partial charge in [0.25, 0.3) is 5.91 Å². The second-order valence-corrected chi connectivity index (χ2v) is 13.6. The van der Waals surface area contributed by atoms with E-state index in [2.05, 4.69) is 39.5 Å². The summed E-state index contributed by atoms with van der Waals surface area (Å²) in [6.45, 7) is 5.47. The van der Waals surface area contributed by atoms with Gasteiger partial charge in [-0.1, -0.05) is 42.5 Å². The van der Waals surface area contributed by atoms with Crippen LogP contribution in [0.4, 0.5) is 5.69 Å². The Morgan fingerprint density at radius 1 is 0.719 bits per heavy atom. The predicted octanol–water partition coefficient (Wildman–Crippen LogP) is 7.11. The zero-order valence-corrected chi connectivity index (χ0v) is 32.4. The van der Waals surface area contributed by atoms with Crippen molar-refractivity contribution in [3.8, 4) is 22.8 Å². The molecule has 1 aliphatic rings. The van der Waals surface area contributed by atoms with Crippen LogP contribution in [0.3, 0.4) is 0 Å². The summed E-state index contributed by atoms with van der Waals surface area (Å²) in [4.78, 5) is 37.9. The number of hydrogen-bond donors (Lipinski definition) is 1. The van der Waals surface area contributed by atoms with Crippen LogP contribution in [0, 0.1) is 0 Å². The first-order valence-electron chi connectivity index (χ1n) is 18.9. The molecule has 2 aromatic heterocycles. The summed E-state index contributed by atoms with van der Waals surface area (Å²) in [5.41, 5.74) is 7.41. The van der Waals surface area contributed by atoms with E-state index in [0.717, 1.165) is 53.7 Å². The third kappa shape index (κ3) is 9.73. The van der Waals surface area contributed by atoms with E-state index in [-0.39, 0.29) is 11.3 Å². The second-order valence-electron chi connectivity index (χ2n) is 13.6. The Bertz CT molecular complexity index is 2370. The molecule has 0 bridgehead atoms. The average molecular weight is 771 g/mol. The fourth-order valence-corrected chi connectivity index (χ4v) is 6.87. The monoisotopic (exact) mass is 770 g/mol. The quantitative estimate of drug-likeness (QED) is 0.0752. The van der Waals surface area contributed by atoms with Crippen molar-refractivity contribution in [2.45, 2.75) is 19.5 Å². The summed E-state index contributed by atoms with van der Waals surface area (Å²) in [6.07, 6.45) is 0.909. The number of methoxy groups -OCH3 is 3. The highest BCUT2D eigenvalue weighted by Crippen LogP contribution is 2.34. The van der Waals surface area contributed by atoms with E-state index in [4.69, 9.17) is 33.4 Å². The number of nitrogens with one attached hydrogen (secondary N) is 1. The molecule has 0 radical (unpaired) electrons. The number of ether oxygens (including phenoxy) is 6. The van der Waals surface area contributed by atoms with Crippen LogP contribution in [0.15, 0.2) is 97.1 Å². The Morgan fingerprint density at radius 3 is 2.32 bits per heavy atom. The van der Waals surface area contributed by atoms with Crippen LogP contribution < -0.4 is 14.8 Å². The summed E-state index contributed by atoms with van der Waals surface area (Å²) in [6, 6.07) is 30.8. The smallest absolute Gasteiger partial charge is 0.339 e. The maximum Gasteiger partial charge on any atom is 0.339 e. The second kappa shape index (κ2) is 18.8. The summed E-state index contributed by atoms with van der Waals surface area (Å²) in [5.74, 6) is 0.433. The molecule has 7 rings (SSSR count). The lowest BCUT2D eigenvalue weighted by Crippen LogP contribution is -2.30. The molecule has 1 N–H and O–H groups in total. The number of fused-ring (bicyclic) bond motifs is 3. The van der Waals surface area contributed by atoms with Crippen molar-refractivity contribution < 1.29 is 38.0 Å². The number of nitrogens with zero attached hydrogens (tertiary/aromatic N) is 3. The maximum absolute atomic E-state index is 13.4. The largest absolute Gasteiger partial charge is 0.493 e. The maximum atomic E-state index is 13.4. The van der Waals surface area contributed by atoms with E-state index in [1.54, 1.807) is 38.5 Å². The van der Waals surface area contributed by atoms with Gasteiger partial charge < -0.3 is 33.7 Å². The van der Waals surface area contributed by atoms with Gasteiger partial charge in [0.15, 0.2) is 11.5 Å². The highest BCUT2D eigenvalue weighted by Gasteiger charge is 2.21. The molecular formula is C45H46N4O8. The lowest BCUT2D eigenvalue weighted by molar-refractivity contribution is 0.0178. The molecule has 0 spiro atoms. The topological polar surface area (TPSA) is 131 Å². The SMILES string of the molecule is COCCOCCOCCOc1cc2c(cc1OC)CCN(Cc1ccc3nc(-c4ccc(C(=O)OC)c(NC(=O)c5ccc6ccccc6n5)c4)ccc3c1)C2. The van der Waals surface area contributed by atoms with Gasteiger partial charge in [0.1, 0.15) is 12.3 Å². The van der Waals surface area contributed by atoms with Gasteiger partial charge in [-0.05, 0) is 77.7 Å². The Labute approximate surface area is 331 Å². The van der Waals surface area contributed by atoms with Gasteiger partial charge in [-0.25, -0.2) is 14.8 Å². The number of carbonyl (C=O) groups is 2. The Balaban J connectivity index is 1.01. The van der Waals surface area contributed by atoms with E-state index in [1.165, 1.54) is 23.8 Å². The zero-order chi connectivity index (χ0) is 39.6. The molecule has 0 aliphatic carbocycles. The molecule has 294 valence electrons. The highest BCUT2D eigenvalue weighted by atomic mass is 16.6. The molecule has 1 amide bonds. The number of aromatic nitrogens is 2. The van der Waals surface area contributed by atoms with Crippen molar-refractivity contribution in [3.63, 3.8) is 0 Å². The molecule has 0 atom stereocenters. The lowest BCUT2D eigenvalue weighted by atomic mass is 9.98. The minimum Gasteiger partial charge on any atom is -0.493 e. The molecule has 6 aromatic rings. The Hall–Kier alpha value is -5.92. The zero-order valence-electron chi connectivity index (χ0n) is 32.4. The van der Waals surface area contributed by atoms with Crippen LogP contribution in [-0.4, -0.2) is 94.3 Å². The molecule has 1 aliphatic heterocycles. The molecule has 0 saturated carbocycles. The summed E-state index contributed by atoms with van der Waals surface area (Å²) >= 11 is 0. The minimum atomic E-state index is -0.564. The number of pyridine rings is 2. The third-order valence-electron chi connectivity index (χ3n) is 9.83. The normalized spacial score (nSPS) is 12.7. The summed E-state index contributed by atoms with van der Waals surface area (Å²) in [7, 11) is 4.62. The molecule has 12 nitrogen and oxygen atoms in total. The van der Waals surface area contributed by atoms with Crippen LogP contribution in [0.5, 0.6) is 11.5 Å². The van der Waals surface area contributed by atoms with Gasteiger partial charge in [-0.2, -0.15) is 0 Å². The minimum absolute atomic E-state index is 0.227. The highest BCUT2D eigenvalue weighted by molar-refractivity contribution is 6.08. The van der Waals surface area contributed by atoms with E-state index in [9.17, 15) is 9.59 Å². The van der Waals surface area contributed by atoms with E-state index in [0.29, 0.717) is 62.3 Å². The van der Waals surface area contributed by atoms with E-state index < -0.39 is 11.9 Å². The van der Waals surface area contributed by atoms with Crippen molar-refractivity contribution >= 4 is 39.4 Å². The number of rotatable bonds is 17. The third-order valence-corrected chi connectivity index (χ3v) is 9.83. The Morgan fingerprint density at radius 2 is 1.49 bits per heavy atom. The number of amides is 1. The predicted molar refractivity (Wildman–Crippen MR) is 218 cm³/mol. The molecular weight excluding hydrogens is 725 g/mol. The number of carbonyl (C=O) groups excluding carboxylic acids is 2. The number of benzene rings is 4. The van der Waals surface area contributed by atoms with Crippen LogP contribution in [0.1, 0.15) is 37.5 Å². The Kier molecular flexibility index (Phi) is 13.0. The fourth-order valence-electron chi connectivity index (χ4n) is 6.87. The first kappa shape index (κ1) is 39.3. The summed E-state index contributed by atoms with van der Waals surface area (Å²) < 4.78 is 32.8. The van der Waals surface area contributed by atoms with Gasteiger partial charge in [-0.3, -0.25) is 9.69 Å². The van der Waals surface area contributed by atoms with Crippen molar-refractivity contribution in [1.29, 1.82) is 0 Å². The average Bonchev–Trinajstić information content (AvgIpc) is 3.24. The van der Waals surface area contributed by atoms with Gasteiger partial charge in [0.2, 0.25) is 0 Å². The molecule has 12 heteroatoms. The van der Waals surface area contributed by atoms with Crippen LogP contribution in [0.2, 0.25) is 0 Å². The van der Waals surface area contributed by atoms with E-state index >= 15 is 0 Å². The van der Waals surface area contributed by atoms with Crippen LogP contribution in [0.25, 0.3) is 33.1 Å². The van der Waals surface area contributed by atoms with Crippen LogP contribution >= 0.6 is 0 Å². The lowest BCUT2D eigenvalue weighted by Gasteiger charge is -2.29. The standard InChI is InChI=1S/C45H46N4O8/c1-52-18-19-55-20-21-56-22-23-57-43-27-35-29-49(17-16-32(35)26-42(43)53-2)28-30-8-13-38-33(24-30)11-14-39(46-38)34-9-12-36(45(51)54-3)41(25-34)48-44(50)40-15-10-31-6-4-5-7-37(31)47-40/h4-15,24-27H,16-23,28-29H2,1-3H3,(H,48,50). The number of esters is 1. The van der Waals surface area contributed by atoms with Crippen molar-refractivity contribution in [1.82, 2.24) is 14.9 Å². The van der Waals surface area contributed by atoms with Crippen molar-refractivity contribution in [2.75, 3.05) is 72.8 Å². The fraction of sp³-hybridized carbons (Fsp3) is 0.289. The number of hydrogen-bond acceptors (Lipinski definition) is 11. The number of para-hydroxylation sites is 1. The molecule has 4 aromatic carbocycles. The van der Waals surface area contributed by atoms with Crippen molar-refractivity contribution in [3.05, 3.63) is 125 Å². The molecule has 0 saturated heterocycles. The first-order valence-corrected chi connectivity index (χ1v) is 18.9. The van der Waals surface area contributed by atoms with Crippen LogP contribution in [-0.2, 0) is 38.5 Å². The number of anilines is 1. The molecule has 0 unspecified atom stereocenters. The van der Waals surface area contributed by atoms with Gasteiger partial charge in [0, 0.05) is 43.1 Å². The molecule has 57 heavy (non-hydrogen) atoms. The van der Waals surface area contributed by atoms with Crippen molar-refractivity contribution in [2.24, 2.45) is 0 Å². The summed E-state index contributed by atoms with van der Waals surface area (Å²) in [5, 5.41) is 4.82. The molecule has 0 fully saturated rings. The van der Waals surface area contributed by atoms with E-state index in [1.807, 2.05) is 48.5 Å². The van der Waals surface area contributed by atoms with Gasteiger partial charge in [-0.15, -0.1) is 0 Å².